The van der Waals surface area contributed by atoms with Gasteiger partial charge in [0, 0.05) is 17.6 Å². The minimum atomic E-state index is -0.558. The second-order valence-corrected chi connectivity index (χ2v) is 5.26. The van der Waals surface area contributed by atoms with Gasteiger partial charge in [0.05, 0.1) is 17.4 Å². The second-order valence-electron chi connectivity index (χ2n) is 4.40. The third-order valence-electron chi connectivity index (χ3n) is 3.00. The van der Waals surface area contributed by atoms with Gasteiger partial charge in [0.25, 0.3) is 5.91 Å². The van der Waals surface area contributed by atoms with Crippen molar-refractivity contribution in [3.8, 4) is 0 Å². The Labute approximate surface area is 113 Å². The van der Waals surface area contributed by atoms with Crippen LogP contribution in [0.25, 0.3) is 0 Å². The van der Waals surface area contributed by atoms with Crippen LogP contribution in [0.4, 0.5) is 10.1 Å². The topological polar surface area (TPSA) is 66.6 Å². The van der Waals surface area contributed by atoms with Crippen LogP contribution < -0.4 is 5.73 Å². The molecule has 1 aromatic carbocycles. The summed E-state index contributed by atoms with van der Waals surface area (Å²) in [6.45, 7) is 0.905. The molecule has 1 saturated heterocycles. The Kier molecular flexibility index (Phi) is 3.87. The average molecular weight is 317 g/mol. The number of nitrogens with zero attached hydrogens (tertiary/aromatic N) is 1. The van der Waals surface area contributed by atoms with Crippen molar-refractivity contribution in [2.75, 3.05) is 18.8 Å². The van der Waals surface area contributed by atoms with Crippen molar-refractivity contribution < 1.29 is 14.3 Å². The number of β-amino-alcohol motifs (C(OH)–C–C–N with tert-alkyl or cyclic N) is 1. The molecule has 2 rings (SSSR count). The molecule has 1 fully saturated rings. The van der Waals surface area contributed by atoms with E-state index in [4.69, 9.17) is 5.73 Å². The highest BCUT2D eigenvalue weighted by Gasteiger charge is 2.25. The highest BCUT2D eigenvalue weighted by molar-refractivity contribution is 9.10. The zero-order chi connectivity index (χ0) is 13.3. The van der Waals surface area contributed by atoms with Gasteiger partial charge in [-0.2, -0.15) is 0 Å². The van der Waals surface area contributed by atoms with Crippen LogP contribution in [0.2, 0.25) is 0 Å². The Morgan fingerprint density at radius 1 is 1.56 bits per heavy atom. The fourth-order valence-corrected chi connectivity index (χ4v) is 2.52. The van der Waals surface area contributed by atoms with Gasteiger partial charge in [-0.1, -0.05) is 0 Å². The molecule has 1 aromatic rings. The molecule has 0 aromatic heterocycles. The van der Waals surface area contributed by atoms with E-state index in [9.17, 15) is 14.3 Å². The molecule has 1 aliphatic heterocycles. The van der Waals surface area contributed by atoms with E-state index < -0.39 is 11.9 Å². The van der Waals surface area contributed by atoms with Crippen molar-refractivity contribution in [2.45, 2.75) is 18.9 Å². The van der Waals surface area contributed by atoms with Crippen molar-refractivity contribution in [3.05, 3.63) is 28.0 Å². The highest BCUT2D eigenvalue weighted by atomic mass is 79.9. The zero-order valence-corrected chi connectivity index (χ0v) is 11.3. The average Bonchev–Trinajstić information content (AvgIpc) is 2.33. The lowest BCUT2D eigenvalue weighted by Gasteiger charge is -2.30. The van der Waals surface area contributed by atoms with E-state index in [1.807, 2.05) is 0 Å². The summed E-state index contributed by atoms with van der Waals surface area (Å²) in [5.74, 6) is -0.801. The summed E-state index contributed by atoms with van der Waals surface area (Å²) < 4.78 is 13.6. The summed E-state index contributed by atoms with van der Waals surface area (Å²) in [5.41, 5.74) is 5.73. The van der Waals surface area contributed by atoms with Crippen LogP contribution in [-0.4, -0.2) is 35.1 Å². The monoisotopic (exact) mass is 316 g/mol. The molecular formula is C12H14BrFN2O2. The number of nitrogens with two attached hydrogens (primary N) is 1. The molecule has 0 unspecified atom stereocenters. The first-order chi connectivity index (χ1) is 8.49. The van der Waals surface area contributed by atoms with Gasteiger partial charge in [-0.15, -0.1) is 0 Å². The lowest BCUT2D eigenvalue weighted by molar-refractivity contribution is 0.0473. The molecule has 0 bridgehead atoms. The molecule has 1 heterocycles. The summed E-state index contributed by atoms with van der Waals surface area (Å²) in [5, 5.41) is 9.55. The molecule has 1 amide bonds. The van der Waals surface area contributed by atoms with Gasteiger partial charge in [-0.3, -0.25) is 4.79 Å². The molecule has 0 aliphatic carbocycles. The Balaban J connectivity index is 2.25. The molecule has 0 saturated carbocycles. The lowest BCUT2D eigenvalue weighted by Crippen LogP contribution is -2.42. The van der Waals surface area contributed by atoms with Gasteiger partial charge >= 0.3 is 0 Å². The van der Waals surface area contributed by atoms with Crippen LogP contribution in [0.1, 0.15) is 23.2 Å². The summed E-state index contributed by atoms with van der Waals surface area (Å²) in [6, 6.07) is 2.51. The molecular weight excluding hydrogens is 303 g/mol. The Morgan fingerprint density at radius 2 is 2.28 bits per heavy atom. The van der Waals surface area contributed by atoms with Crippen LogP contribution in [0, 0.1) is 5.82 Å². The number of halogens is 2. The number of rotatable bonds is 1. The predicted octanol–water partition coefficient (Wildman–Crippen LogP) is 1.77. The number of anilines is 1. The first-order valence-corrected chi connectivity index (χ1v) is 6.50. The van der Waals surface area contributed by atoms with E-state index in [1.165, 1.54) is 12.1 Å². The fraction of sp³-hybridized carbons (Fsp3) is 0.417. The number of carbonyl (C=O) groups is 1. The number of nitrogen functional groups attached to an aromatic ring is 1. The van der Waals surface area contributed by atoms with Gasteiger partial charge in [-0.25, -0.2) is 4.39 Å². The molecule has 1 aliphatic rings. The molecule has 0 radical (unpaired) electrons. The maximum atomic E-state index is 13.2. The minimum absolute atomic E-state index is 0.0564. The first kappa shape index (κ1) is 13.3. The van der Waals surface area contributed by atoms with Crippen LogP contribution in [0.3, 0.4) is 0 Å². The number of aliphatic hydroxyl groups is 1. The van der Waals surface area contributed by atoms with Crippen LogP contribution in [-0.2, 0) is 0 Å². The summed E-state index contributed by atoms with van der Waals surface area (Å²) >= 11 is 3.16. The Hall–Kier alpha value is -1.14. The van der Waals surface area contributed by atoms with Gasteiger partial charge in [0.2, 0.25) is 0 Å². The predicted molar refractivity (Wildman–Crippen MR) is 69.7 cm³/mol. The molecule has 3 N–H and O–H groups in total. The fourth-order valence-electron chi connectivity index (χ4n) is 2.04. The van der Waals surface area contributed by atoms with Gasteiger partial charge < -0.3 is 15.7 Å². The zero-order valence-electron chi connectivity index (χ0n) is 9.70. The third-order valence-corrected chi connectivity index (χ3v) is 3.66. The first-order valence-electron chi connectivity index (χ1n) is 5.71. The molecule has 18 heavy (non-hydrogen) atoms. The number of hydrogen-bond donors (Lipinski definition) is 2. The number of likely N-dealkylation sites (tertiary alicyclic amines) is 1. The van der Waals surface area contributed by atoms with Crippen molar-refractivity contribution in [1.29, 1.82) is 0 Å². The van der Waals surface area contributed by atoms with E-state index >= 15 is 0 Å². The van der Waals surface area contributed by atoms with E-state index in [2.05, 4.69) is 15.9 Å². The summed E-state index contributed by atoms with van der Waals surface area (Å²) in [7, 11) is 0. The minimum Gasteiger partial charge on any atom is -0.396 e. The van der Waals surface area contributed by atoms with Gasteiger partial charge in [0.1, 0.15) is 5.82 Å². The number of amides is 1. The third kappa shape index (κ3) is 2.64. The number of piperidine rings is 1. The van der Waals surface area contributed by atoms with Crippen molar-refractivity contribution >= 4 is 27.5 Å². The Morgan fingerprint density at radius 3 is 2.94 bits per heavy atom. The maximum absolute atomic E-state index is 13.2. The number of benzene rings is 1. The van der Waals surface area contributed by atoms with E-state index in [0.717, 1.165) is 6.42 Å². The second kappa shape index (κ2) is 5.24. The Bertz CT molecular complexity index is 481. The molecule has 0 spiro atoms. The van der Waals surface area contributed by atoms with Gasteiger partial charge in [0.15, 0.2) is 0 Å². The number of aliphatic hydroxyl groups excluding tert-OH is 1. The van der Waals surface area contributed by atoms with Crippen molar-refractivity contribution in [2.24, 2.45) is 0 Å². The van der Waals surface area contributed by atoms with Crippen LogP contribution in [0.15, 0.2) is 16.6 Å². The molecule has 1 atom stereocenters. The number of carbonyl (C=O) groups excluding carboxylic acids is 1. The van der Waals surface area contributed by atoms with Crippen molar-refractivity contribution in [3.63, 3.8) is 0 Å². The number of hydrogen-bond acceptors (Lipinski definition) is 3. The van der Waals surface area contributed by atoms with Crippen molar-refractivity contribution in [1.82, 2.24) is 4.90 Å². The normalized spacial score (nSPS) is 19.9. The van der Waals surface area contributed by atoms with Crippen LogP contribution in [0.5, 0.6) is 0 Å². The van der Waals surface area contributed by atoms with E-state index in [0.29, 0.717) is 29.5 Å². The van der Waals surface area contributed by atoms with Gasteiger partial charge in [-0.05, 0) is 40.9 Å². The van der Waals surface area contributed by atoms with Crippen LogP contribution >= 0.6 is 15.9 Å². The maximum Gasteiger partial charge on any atom is 0.255 e. The molecule has 6 heteroatoms. The largest absolute Gasteiger partial charge is 0.396 e. The summed E-state index contributed by atoms with van der Waals surface area (Å²) in [6.07, 6.45) is 0.983. The molecule has 4 nitrogen and oxygen atoms in total. The lowest BCUT2D eigenvalue weighted by atomic mass is 10.1. The molecule has 98 valence electrons. The van der Waals surface area contributed by atoms with E-state index in [1.54, 1.807) is 4.90 Å². The smallest absolute Gasteiger partial charge is 0.255 e. The standard InChI is InChI=1S/C12H14BrFN2O2/c13-9-5-10(14)11(15)4-8(9)12(18)16-3-1-2-7(17)6-16/h4-5,7,17H,1-3,6,15H2/t7-/m0/s1. The SMILES string of the molecule is Nc1cc(C(=O)N2CCC[C@H](O)C2)c(Br)cc1F. The highest BCUT2D eigenvalue weighted by Crippen LogP contribution is 2.25. The van der Waals surface area contributed by atoms with E-state index in [-0.39, 0.29) is 11.6 Å². The summed E-state index contributed by atoms with van der Waals surface area (Å²) in [4.78, 5) is 13.8. The quantitative estimate of drug-likeness (QED) is 0.776.